The van der Waals surface area contributed by atoms with Crippen molar-refractivity contribution in [2.24, 2.45) is 0 Å². The predicted molar refractivity (Wildman–Crippen MR) is 94.5 cm³/mol. The fourth-order valence-electron chi connectivity index (χ4n) is 2.07. The molecule has 0 aliphatic carbocycles. The molecule has 27 heavy (non-hydrogen) atoms. The number of carbonyl (C=O) groups excluding carboxylic acids is 1. The van der Waals surface area contributed by atoms with Crippen LogP contribution in [0, 0.1) is 0 Å². The Balaban J connectivity index is 2.12. The van der Waals surface area contributed by atoms with Crippen molar-refractivity contribution in [1.29, 1.82) is 0 Å². The Morgan fingerprint density at radius 2 is 1.78 bits per heavy atom. The van der Waals surface area contributed by atoms with E-state index in [-0.39, 0.29) is 33.4 Å². The third-order valence-electron chi connectivity index (χ3n) is 3.47. The Morgan fingerprint density at radius 1 is 1.15 bits per heavy atom. The SMILES string of the molecule is CN(C)S(=O)(=O)c1ccc(C(=O)OCc2cc(Cl)ccc2OC(F)F)cc1. The summed E-state index contributed by atoms with van der Waals surface area (Å²) in [5, 5.41) is 0.265. The molecule has 2 aromatic rings. The first-order valence-corrected chi connectivity index (χ1v) is 9.36. The van der Waals surface area contributed by atoms with Gasteiger partial charge in [0.2, 0.25) is 10.0 Å². The number of carbonyl (C=O) groups is 1. The molecule has 0 unspecified atom stereocenters. The first-order chi connectivity index (χ1) is 12.6. The number of sulfonamides is 1. The predicted octanol–water partition coefficient (Wildman–Crippen LogP) is 3.55. The van der Waals surface area contributed by atoms with Gasteiger partial charge in [-0.25, -0.2) is 17.5 Å². The Labute approximate surface area is 160 Å². The molecule has 2 aromatic carbocycles. The molecular formula is C17H16ClF2NO5S. The van der Waals surface area contributed by atoms with Gasteiger partial charge in [-0.15, -0.1) is 0 Å². The first kappa shape index (κ1) is 21.1. The summed E-state index contributed by atoms with van der Waals surface area (Å²) in [4.78, 5) is 12.1. The maximum Gasteiger partial charge on any atom is 0.387 e. The molecule has 0 fully saturated rings. The molecule has 6 nitrogen and oxygen atoms in total. The molecule has 0 radical (unpaired) electrons. The zero-order chi connectivity index (χ0) is 20.2. The zero-order valence-electron chi connectivity index (χ0n) is 14.4. The van der Waals surface area contributed by atoms with Crippen molar-refractivity contribution < 1.29 is 31.5 Å². The number of ether oxygens (including phenoxy) is 2. The normalized spacial score (nSPS) is 11.7. The average molecular weight is 420 g/mol. The lowest BCUT2D eigenvalue weighted by atomic mass is 10.2. The van der Waals surface area contributed by atoms with Crippen molar-refractivity contribution in [3.05, 3.63) is 58.6 Å². The highest BCUT2D eigenvalue weighted by molar-refractivity contribution is 7.89. The van der Waals surface area contributed by atoms with Crippen LogP contribution in [0.1, 0.15) is 15.9 Å². The quantitative estimate of drug-likeness (QED) is 0.642. The van der Waals surface area contributed by atoms with Crippen LogP contribution in [0.2, 0.25) is 5.02 Å². The Bertz CT molecular complexity index is 917. The van der Waals surface area contributed by atoms with Crippen molar-refractivity contribution >= 4 is 27.6 Å². The van der Waals surface area contributed by atoms with E-state index in [4.69, 9.17) is 16.3 Å². The Kier molecular flexibility index (Phi) is 6.74. The Hall–Kier alpha value is -2.23. The summed E-state index contributed by atoms with van der Waals surface area (Å²) in [5.41, 5.74) is 0.272. The van der Waals surface area contributed by atoms with Crippen LogP contribution in [-0.4, -0.2) is 39.4 Å². The molecule has 0 saturated carbocycles. The van der Waals surface area contributed by atoms with Gasteiger partial charge in [-0.1, -0.05) is 11.6 Å². The van der Waals surface area contributed by atoms with Crippen LogP contribution in [-0.2, 0) is 21.4 Å². The number of rotatable bonds is 7. The molecule has 0 bridgehead atoms. The van der Waals surface area contributed by atoms with Crippen molar-refractivity contribution in [2.45, 2.75) is 18.1 Å². The third-order valence-corrected chi connectivity index (χ3v) is 5.53. The summed E-state index contributed by atoms with van der Waals surface area (Å²) in [5.74, 6) is -0.915. The van der Waals surface area contributed by atoms with Crippen LogP contribution >= 0.6 is 11.6 Å². The second-order valence-electron chi connectivity index (χ2n) is 5.52. The first-order valence-electron chi connectivity index (χ1n) is 7.54. The summed E-state index contributed by atoms with van der Waals surface area (Å²) >= 11 is 5.83. The lowest BCUT2D eigenvalue weighted by Gasteiger charge is -2.13. The van der Waals surface area contributed by atoms with Crippen molar-refractivity contribution in [1.82, 2.24) is 4.31 Å². The maximum absolute atomic E-state index is 12.4. The highest BCUT2D eigenvalue weighted by Gasteiger charge is 2.18. The molecular weight excluding hydrogens is 404 g/mol. The second kappa shape index (κ2) is 8.64. The van der Waals surface area contributed by atoms with E-state index in [0.717, 1.165) is 4.31 Å². The zero-order valence-corrected chi connectivity index (χ0v) is 15.9. The van der Waals surface area contributed by atoms with E-state index in [9.17, 15) is 22.0 Å². The molecule has 10 heteroatoms. The van der Waals surface area contributed by atoms with E-state index in [2.05, 4.69) is 4.74 Å². The molecule has 0 spiro atoms. The molecule has 0 aliphatic heterocycles. The maximum atomic E-state index is 12.4. The fraction of sp³-hybridized carbons (Fsp3) is 0.235. The average Bonchev–Trinajstić information content (AvgIpc) is 2.61. The minimum atomic E-state index is -3.62. The second-order valence-corrected chi connectivity index (χ2v) is 8.11. The van der Waals surface area contributed by atoms with Crippen LogP contribution < -0.4 is 4.74 Å². The van der Waals surface area contributed by atoms with E-state index in [0.29, 0.717) is 0 Å². The number of hydrogen-bond donors (Lipinski definition) is 0. The lowest BCUT2D eigenvalue weighted by Crippen LogP contribution is -2.22. The molecule has 0 N–H and O–H groups in total. The summed E-state index contributed by atoms with van der Waals surface area (Å²) in [6, 6.07) is 9.11. The van der Waals surface area contributed by atoms with Crippen LogP contribution in [0.15, 0.2) is 47.4 Å². The number of halogens is 3. The van der Waals surface area contributed by atoms with E-state index in [1.165, 1.54) is 56.6 Å². The highest BCUT2D eigenvalue weighted by Crippen LogP contribution is 2.25. The van der Waals surface area contributed by atoms with Crippen LogP contribution in [0.4, 0.5) is 8.78 Å². The van der Waals surface area contributed by atoms with E-state index in [1.54, 1.807) is 0 Å². The monoisotopic (exact) mass is 419 g/mol. The third kappa shape index (κ3) is 5.38. The molecule has 0 aromatic heterocycles. The molecule has 0 atom stereocenters. The minimum Gasteiger partial charge on any atom is -0.457 e. The molecule has 0 saturated heterocycles. The van der Waals surface area contributed by atoms with Gasteiger partial charge in [0.15, 0.2) is 0 Å². The van der Waals surface area contributed by atoms with Gasteiger partial charge in [0.25, 0.3) is 0 Å². The molecule has 0 heterocycles. The van der Waals surface area contributed by atoms with Gasteiger partial charge in [0, 0.05) is 24.7 Å². The smallest absolute Gasteiger partial charge is 0.387 e. The number of alkyl halides is 2. The number of esters is 1. The van der Waals surface area contributed by atoms with Gasteiger partial charge in [-0.2, -0.15) is 8.78 Å². The summed E-state index contributed by atoms with van der Waals surface area (Å²) in [6.07, 6.45) is 0. The summed E-state index contributed by atoms with van der Waals surface area (Å²) < 4.78 is 59.4. The van der Waals surface area contributed by atoms with Gasteiger partial charge >= 0.3 is 12.6 Å². The molecule has 0 aliphatic rings. The molecule has 2 rings (SSSR count). The van der Waals surface area contributed by atoms with Gasteiger partial charge in [-0.3, -0.25) is 0 Å². The molecule has 146 valence electrons. The van der Waals surface area contributed by atoms with E-state index >= 15 is 0 Å². The van der Waals surface area contributed by atoms with Crippen molar-refractivity contribution in [2.75, 3.05) is 14.1 Å². The number of nitrogens with zero attached hydrogens (tertiary/aromatic N) is 1. The highest BCUT2D eigenvalue weighted by atomic mass is 35.5. The summed E-state index contributed by atoms with van der Waals surface area (Å²) in [7, 11) is -0.837. The van der Waals surface area contributed by atoms with E-state index in [1.807, 2.05) is 0 Å². The van der Waals surface area contributed by atoms with Gasteiger partial charge in [-0.05, 0) is 42.5 Å². The van der Waals surface area contributed by atoms with Crippen molar-refractivity contribution in [3.8, 4) is 5.75 Å². The Morgan fingerprint density at radius 3 is 2.33 bits per heavy atom. The largest absolute Gasteiger partial charge is 0.457 e. The number of benzene rings is 2. The van der Waals surface area contributed by atoms with Gasteiger partial charge < -0.3 is 9.47 Å². The van der Waals surface area contributed by atoms with Gasteiger partial charge in [0.1, 0.15) is 12.4 Å². The van der Waals surface area contributed by atoms with E-state index < -0.39 is 22.6 Å². The topological polar surface area (TPSA) is 72.9 Å². The van der Waals surface area contributed by atoms with Crippen LogP contribution in [0.25, 0.3) is 0 Å². The van der Waals surface area contributed by atoms with Crippen LogP contribution in [0.5, 0.6) is 5.75 Å². The molecule has 0 amide bonds. The standard InChI is InChI=1S/C17H16ClF2NO5S/c1-21(2)27(23,24)14-6-3-11(4-7-14)16(22)25-10-12-9-13(18)5-8-15(12)26-17(19)20/h3-9,17H,10H2,1-2H3. The fourth-order valence-corrected chi connectivity index (χ4v) is 3.17. The summed E-state index contributed by atoms with van der Waals surface area (Å²) in [6.45, 7) is -3.38. The minimum absolute atomic E-state index is 0.0199. The number of hydrogen-bond acceptors (Lipinski definition) is 5. The lowest BCUT2D eigenvalue weighted by molar-refractivity contribution is -0.0510. The van der Waals surface area contributed by atoms with Crippen molar-refractivity contribution in [3.63, 3.8) is 0 Å². The van der Waals surface area contributed by atoms with Gasteiger partial charge in [0.05, 0.1) is 10.5 Å². The van der Waals surface area contributed by atoms with Crippen LogP contribution in [0.3, 0.4) is 0 Å².